The highest BCUT2D eigenvalue weighted by Gasteiger charge is 2.32. The highest BCUT2D eigenvalue weighted by Crippen LogP contribution is 2.30. The Morgan fingerprint density at radius 1 is 1.40 bits per heavy atom. The van der Waals surface area contributed by atoms with Crippen molar-refractivity contribution in [1.82, 2.24) is 10.1 Å². The topological polar surface area (TPSA) is 99.1 Å². The van der Waals surface area contributed by atoms with Gasteiger partial charge in [-0.2, -0.15) is 4.98 Å². The number of aromatic nitrogens is 2. The van der Waals surface area contributed by atoms with Crippen LogP contribution < -0.4 is 5.73 Å². The monoisotopic (exact) mass is 293 g/mol. The quantitative estimate of drug-likeness (QED) is 0.843. The van der Waals surface area contributed by atoms with Crippen LogP contribution >= 0.6 is 0 Å². The molecule has 20 heavy (non-hydrogen) atoms. The third-order valence-electron chi connectivity index (χ3n) is 3.65. The van der Waals surface area contributed by atoms with Crippen LogP contribution in [0, 0.1) is 6.92 Å². The molecule has 2 aromatic rings. The smallest absolute Gasteiger partial charge is 0.258 e. The summed E-state index contributed by atoms with van der Waals surface area (Å²) >= 11 is 0. The van der Waals surface area contributed by atoms with Gasteiger partial charge in [0.15, 0.2) is 15.7 Å². The van der Waals surface area contributed by atoms with Crippen LogP contribution in [0.2, 0.25) is 0 Å². The SMILES string of the molecule is Cc1c(N)cccc1-c1nc(C2CCS(=O)(=O)C2)no1. The van der Waals surface area contributed by atoms with E-state index in [0.29, 0.717) is 23.8 Å². The van der Waals surface area contributed by atoms with Crippen LogP contribution in [0.3, 0.4) is 0 Å². The van der Waals surface area contributed by atoms with Crippen LogP contribution in [-0.2, 0) is 9.84 Å². The minimum atomic E-state index is -2.96. The van der Waals surface area contributed by atoms with Crippen molar-refractivity contribution in [3.8, 4) is 11.5 Å². The summed E-state index contributed by atoms with van der Waals surface area (Å²) in [7, 11) is -2.96. The second-order valence-corrected chi connectivity index (χ2v) is 7.31. The maximum atomic E-state index is 11.5. The first-order valence-electron chi connectivity index (χ1n) is 6.36. The molecule has 1 unspecified atom stereocenters. The maximum Gasteiger partial charge on any atom is 0.258 e. The van der Waals surface area contributed by atoms with E-state index in [2.05, 4.69) is 10.1 Å². The van der Waals surface area contributed by atoms with Gasteiger partial charge in [-0.1, -0.05) is 11.2 Å². The van der Waals surface area contributed by atoms with Crippen LogP contribution in [0.4, 0.5) is 5.69 Å². The molecule has 2 N–H and O–H groups in total. The average molecular weight is 293 g/mol. The lowest BCUT2D eigenvalue weighted by Crippen LogP contribution is -2.05. The zero-order valence-electron chi connectivity index (χ0n) is 11.0. The van der Waals surface area contributed by atoms with E-state index < -0.39 is 9.84 Å². The Hall–Kier alpha value is -1.89. The molecule has 0 amide bonds. The third-order valence-corrected chi connectivity index (χ3v) is 5.41. The maximum absolute atomic E-state index is 11.5. The second-order valence-electron chi connectivity index (χ2n) is 5.08. The summed E-state index contributed by atoms with van der Waals surface area (Å²) in [6.45, 7) is 1.88. The molecule has 0 spiro atoms. The Kier molecular flexibility index (Phi) is 3.01. The largest absolute Gasteiger partial charge is 0.398 e. The minimum absolute atomic E-state index is 0.0991. The van der Waals surface area contributed by atoms with Gasteiger partial charge in [0.1, 0.15) is 0 Å². The third kappa shape index (κ3) is 2.29. The van der Waals surface area contributed by atoms with Gasteiger partial charge in [0.2, 0.25) is 0 Å². The number of rotatable bonds is 2. The van der Waals surface area contributed by atoms with Crippen LogP contribution in [-0.4, -0.2) is 30.1 Å². The first kappa shape index (κ1) is 13.1. The molecule has 0 aliphatic carbocycles. The number of nitrogens with zero attached hydrogens (tertiary/aromatic N) is 2. The van der Waals surface area contributed by atoms with Crippen molar-refractivity contribution in [3.05, 3.63) is 29.6 Å². The Balaban J connectivity index is 1.93. The molecule has 1 saturated heterocycles. The van der Waals surface area contributed by atoms with Crippen molar-refractivity contribution in [2.24, 2.45) is 0 Å². The standard InChI is InChI=1S/C13H15N3O3S/c1-8-10(3-2-4-11(8)14)13-15-12(16-19-13)9-5-6-20(17,18)7-9/h2-4,9H,5-7,14H2,1H3. The van der Waals surface area contributed by atoms with E-state index in [1.54, 1.807) is 6.07 Å². The van der Waals surface area contributed by atoms with E-state index in [0.717, 1.165) is 11.1 Å². The Morgan fingerprint density at radius 2 is 2.20 bits per heavy atom. The number of hydrogen-bond acceptors (Lipinski definition) is 6. The molecule has 2 heterocycles. The number of hydrogen-bond donors (Lipinski definition) is 1. The lowest BCUT2D eigenvalue weighted by molar-refractivity contribution is 0.417. The molecule has 6 nitrogen and oxygen atoms in total. The van der Waals surface area contributed by atoms with Crippen molar-refractivity contribution < 1.29 is 12.9 Å². The van der Waals surface area contributed by atoms with E-state index >= 15 is 0 Å². The van der Waals surface area contributed by atoms with E-state index in [1.807, 2.05) is 19.1 Å². The molecular weight excluding hydrogens is 278 g/mol. The van der Waals surface area contributed by atoms with Crippen LogP contribution in [0.25, 0.3) is 11.5 Å². The van der Waals surface area contributed by atoms with Crippen molar-refractivity contribution >= 4 is 15.5 Å². The predicted octanol–water partition coefficient (Wildman–Crippen LogP) is 1.53. The van der Waals surface area contributed by atoms with Gasteiger partial charge in [-0.25, -0.2) is 8.42 Å². The van der Waals surface area contributed by atoms with Gasteiger partial charge in [0.25, 0.3) is 5.89 Å². The minimum Gasteiger partial charge on any atom is -0.398 e. The van der Waals surface area contributed by atoms with Gasteiger partial charge in [0, 0.05) is 17.2 Å². The summed E-state index contributed by atoms with van der Waals surface area (Å²) in [5.41, 5.74) is 8.17. The van der Waals surface area contributed by atoms with Gasteiger partial charge >= 0.3 is 0 Å². The van der Waals surface area contributed by atoms with E-state index in [4.69, 9.17) is 10.3 Å². The van der Waals surface area contributed by atoms with Crippen LogP contribution in [0.5, 0.6) is 0 Å². The highest BCUT2D eigenvalue weighted by molar-refractivity contribution is 7.91. The summed E-state index contributed by atoms with van der Waals surface area (Å²) in [5.74, 6) is 0.969. The Bertz CT molecular complexity index is 752. The van der Waals surface area contributed by atoms with Crippen LogP contribution in [0.1, 0.15) is 23.7 Å². The lowest BCUT2D eigenvalue weighted by Gasteiger charge is -2.03. The molecular formula is C13H15N3O3S. The molecule has 1 fully saturated rings. The highest BCUT2D eigenvalue weighted by atomic mass is 32.2. The molecule has 1 aromatic heterocycles. The lowest BCUT2D eigenvalue weighted by atomic mass is 10.1. The van der Waals surface area contributed by atoms with Gasteiger partial charge < -0.3 is 10.3 Å². The molecule has 1 aliphatic rings. The zero-order chi connectivity index (χ0) is 14.3. The summed E-state index contributed by atoms with van der Waals surface area (Å²) < 4.78 is 28.2. The van der Waals surface area contributed by atoms with Crippen LogP contribution in [0.15, 0.2) is 22.7 Å². The zero-order valence-corrected chi connectivity index (χ0v) is 11.9. The van der Waals surface area contributed by atoms with Gasteiger partial charge in [-0.15, -0.1) is 0 Å². The fraction of sp³-hybridized carbons (Fsp3) is 0.385. The average Bonchev–Trinajstić information content (AvgIpc) is 2.99. The van der Waals surface area contributed by atoms with Gasteiger partial charge in [-0.3, -0.25) is 0 Å². The summed E-state index contributed by atoms with van der Waals surface area (Å²) in [5, 5.41) is 3.92. The molecule has 106 valence electrons. The van der Waals surface area contributed by atoms with E-state index in [1.165, 1.54) is 0 Å². The van der Waals surface area contributed by atoms with E-state index in [-0.39, 0.29) is 17.4 Å². The number of nitrogens with two attached hydrogens (primary N) is 1. The summed E-state index contributed by atoms with van der Waals surface area (Å²) in [6, 6.07) is 5.48. The number of anilines is 1. The van der Waals surface area contributed by atoms with Gasteiger partial charge in [-0.05, 0) is 31.0 Å². The first-order chi connectivity index (χ1) is 9.46. The number of nitrogen functional groups attached to an aromatic ring is 1. The Labute approximate surface area is 116 Å². The molecule has 1 aliphatic heterocycles. The fourth-order valence-corrected chi connectivity index (χ4v) is 4.13. The molecule has 1 aromatic carbocycles. The van der Waals surface area contributed by atoms with E-state index in [9.17, 15) is 8.42 Å². The molecule has 3 rings (SSSR count). The van der Waals surface area contributed by atoms with Crippen molar-refractivity contribution in [2.45, 2.75) is 19.3 Å². The number of benzene rings is 1. The van der Waals surface area contributed by atoms with Crippen molar-refractivity contribution in [3.63, 3.8) is 0 Å². The number of sulfone groups is 1. The normalized spacial score (nSPS) is 21.1. The molecule has 0 saturated carbocycles. The predicted molar refractivity (Wildman–Crippen MR) is 74.9 cm³/mol. The first-order valence-corrected chi connectivity index (χ1v) is 8.18. The Morgan fingerprint density at radius 3 is 2.90 bits per heavy atom. The molecule has 0 bridgehead atoms. The molecule has 7 heteroatoms. The second kappa shape index (κ2) is 4.59. The van der Waals surface area contributed by atoms with Crippen molar-refractivity contribution in [2.75, 3.05) is 17.2 Å². The van der Waals surface area contributed by atoms with Crippen molar-refractivity contribution in [1.29, 1.82) is 0 Å². The molecule has 1 atom stereocenters. The fourth-order valence-electron chi connectivity index (χ4n) is 2.39. The molecule has 0 radical (unpaired) electrons. The van der Waals surface area contributed by atoms with Gasteiger partial charge in [0.05, 0.1) is 11.5 Å². The summed E-state index contributed by atoms with van der Waals surface area (Å²) in [4.78, 5) is 4.33. The summed E-state index contributed by atoms with van der Waals surface area (Å²) in [6.07, 6.45) is 0.553.